The Labute approximate surface area is 99.6 Å². The van der Waals surface area contributed by atoms with Gasteiger partial charge in [-0.25, -0.2) is 4.39 Å². The lowest BCUT2D eigenvalue weighted by Gasteiger charge is -2.09. The molecule has 1 aromatic rings. The highest BCUT2D eigenvalue weighted by atomic mass is 32.2. The van der Waals surface area contributed by atoms with Crippen LogP contribution in [0.3, 0.4) is 0 Å². The third-order valence-corrected chi connectivity index (χ3v) is 3.39. The predicted molar refractivity (Wildman–Crippen MR) is 66.3 cm³/mol. The fraction of sp³-hybridized carbons (Fsp3) is 0.417. The number of carbonyl (C=O) groups is 1. The number of hydrogen-bond acceptors (Lipinski definition) is 2. The largest absolute Gasteiger partial charge is 0.352 e. The lowest BCUT2D eigenvalue weighted by Crippen LogP contribution is -2.25. The highest BCUT2D eigenvalue weighted by molar-refractivity contribution is 7.99. The summed E-state index contributed by atoms with van der Waals surface area (Å²) in [5.41, 5.74) is 0.498. The molecule has 0 bridgehead atoms. The Morgan fingerprint density at radius 3 is 2.62 bits per heavy atom. The molecule has 0 radical (unpaired) electrons. The van der Waals surface area contributed by atoms with Gasteiger partial charge in [0.15, 0.2) is 0 Å². The van der Waals surface area contributed by atoms with E-state index in [4.69, 9.17) is 0 Å². The number of rotatable bonds is 5. The van der Waals surface area contributed by atoms with Crippen LogP contribution in [-0.2, 0) is 0 Å². The maximum absolute atomic E-state index is 12.6. The Kier molecular flexibility index (Phi) is 5.32. The van der Waals surface area contributed by atoms with Gasteiger partial charge in [0, 0.05) is 17.4 Å². The quantitative estimate of drug-likeness (QED) is 0.858. The van der Waals surface area contributed by atoms with E-state index in [0.29, 0.717) is 17.4 Å². The zero-order chi connectivity index (χ0) is 12.0. The molecule has 16 heavy (non-hydrogen) atoms. The van der Waals surface area contributed by atoms with Gasteiger partial charge in [-0.15, -0.1) is 0 Å². The van der Waals surface area contributed by atoms with E-state index in [1.165, 1.54) is 24.3 Å². The van der Waals surface area contributed by atoms with Gasteiger partial charge < -0.3 is 5.32 Å². The van der Waals surface area contributed by atoms with Crippen molar-refractivity contribution < 1.29 is 9.18 Å². The first kappa shape index (κ1) is 13.0. The summed E-state index contributed by atoms with van der Waals surface area (Å²) in [6.45, 7) is 2.77. The van der Waals surface area contributed by atoms with E-state index in [-0.39, 0.29) is 11.7 Å². The minimum Gasteiger partial charge on any atom is -0.352 e. The van der Waals surface area contributed by atoms with Crippen molar-refractivity contribution in [2.24, 2.45) is 0 Å². The molecular weight excluding hydrogens is 225 g/mol. The molecule has 0 fully saturated rings. The first-order chi connectivity index (χ1) is 7.63. The van der Waals surface area contributed by atoms with Crippen LogP contribution in [0.15, 0.2) is 24.3 Å². The second-order valence-corrected chi connectivity index (χ2v) is 4.87. The molecule has 0 aliphatic heterocycles. The average Bonchev–Trinajstić information content (AvgIpc) is 2.29. The number of carbonyl (C=O) groups excluding carboxylic acids is 1. The Bertz CT molecular complexity index is 339. The van der Waals surface area contributed by atoms with Crippen LogP contribution in [0.2, 0.25) is 0 Å². The Hall–Kier alpha value is -1.03. The minimum atomic E-state index is -0.326. The zero-order valence-electron chi connectivity index (χ0n) is 9.50. The molecule has 4 heteroatoms. The zero-order valence-corrected chi connectivity index (χ0v) is 10.3. The number of halogens is 1. The standard InChI is InChI=1S/C12H16FNOS/c1-9(16-2)7-8-14-12(15)10-3-5-11(13)6-4-10/h3-6,9H,7-8H2,1-2H3,(H,14,15). The summed E-state index contributed by atoms with van der Waals surface area (Å²) in [5, 5.41) is 3.34. The molecule has 0 aliphatic carbocycles. The van der Waals surface area contributed by atoms with Gasteiger partial charge in [0.25, 0.3) is 5.91 Å². The highest BCUT2D eigenvalue weighted by Gasteiger charge is 2.05. The molecule has 0 saturated heterocycles. The van der Waals surface area contributed by atoms with Crippen molar-refractivity contribution in [2.75, 3.05) is 12.8 Å². The second-order valence-electron chi connectivity index (χ2n) is 3.60. The smallest absolute Gasteiger partial charge is 0.251 e. The van der Waals surface area contributed by atoms with E-state index in [0.717, 1.165) is 6.42 Å². The lowest BCUT2D eigenvalue weighted by molar-refractivity contribution is 0.0953. The third-order valence-electron chi connectivity index (χ3n) is 2.35. The van der Waals surface area contributed by atoms with Gasteiger partial charge in [-0.3, -0.25) is 4.79 Å². The van der Waals surface area contributed by atoms with Crippen molar-refractivity contribution in [2.45, 2.75) is 18.6 Å². The molecule has 0 spiro atoms. The summed E-state index contributed by atoms with van der Waals surface area (Å²) < 4.78 is 12.6. The minimum absolute atomic E-state index is 0.145. The first-order valence-electron chi connectivity index (χ1n) is 5.20. The van der Waals surface area contributed by atoms with Crippen LogP contribution in [0.5, 0.6) is 0 Å². The van der Waals surface area contributed by atoms with Crippen LogP contribution in [0.4, 0.5) is 4.39 Å². The lowest BCUT2D eigenvalue weighted by atomic mass is 10.2. The molecule has 0 saturated carbocycles. The number of hydrogen-bond donors (Lipinski definition) is 1. The van der Waals surface area contributed by atoms with Crippen molar-refractivity contribution in [1.29, 1.82) is 0 Å². The fourth-order valence-corrected chi connectivity index (χ4v) is 1.56. The van der Waals surface area contributed by atoms with Gasteiger partial charge in [0.2, 0.25) is 0 Å². The molecule has 1 atom stereocenters. The van der Waals surface area contributed by atoms with Crippen molar-refractivity contribution in [3.63, 3.8) is 0 Å². The van der Waals surface area contributed by atoms with Gasteiger partial charge in [-0.2, -0.15) is 11.8 Å². The summed E-state index contributed by atoms with van der Waals surface area (Å²) in [5.74, 6) is -0.471. The molecule has 1 aromatic carbocycles. The van der Waals surface area contributed by atoms with E-state index >= 15 is 0 Å². The van der Waals surface area contributed by atoms with Crippen molar-refractivity contribution in [3.05, 3.63) is 35.6 Å². The molecule has 0 aromatic heterocycles. The van der Waals surface area contributed by atoms with Crippen LogP contribution in [0.1, 0.15) is 23.7 Å². The van der Waals surface area contributed by atoms with Crippen molar-refractivity contribution >= 4 is 17.7 Å². The van der Waals surface area contributed by atoms with Gasteiger partial charge >= 0.3 is 0 Å². The first-order valence-corrected chi connectivity index (χ1v) is 6.49. The van der Waals surface area contributed by atoms with Crippen LogP contribution < -0.4 is 5.32 Å². The predicted octanol–water partition coefficient (Wildman–Crippen LogP) is 2.70. The summed E-state index contributed by atoms with van der Waals surface area (Å²) >= 11 is 1.77. The van der Waals surface area contributed by atoms with E-state index < -0.39 is 0 Å². The highest BCUT2D eigenvalue weighted by Crippen LogP contribution is 2.08. The van der Waals surface area contributed by atoms with Crippen molar-refractivity contribution in [3.8, 4) is 0 Å². The molecule has 1 unspecified atom stereocenters. The summed E-state index contributed by atoms with van der Waals surface area (Å²) in [6, 6.07) is 5.56. The number of amides is 1. The van der Waals surface area contributed by atoms with Gasteiger partial charge in [-0.1, -0.05) is 6.92 Å². The van der Waals surface area contributed by atoms with E-state index in [1.54, 1.807) is 11.8 Å². The molecule has 0 aliphatic rings. The SMILES string of the molecule is CSC(C)CCNC(=O)c1ccc(F)cc1. The number of benzene rings is 1. The van der Waals surface area contributed by atoms with Crippen LogP contribution in [0.25, 0.3) is 0 Å². The monoisotopic (exact) mass is 241 g/mol. The topological polar surface area (TPSA) is 29.1 Å². The maximum atomic E-state index is 12.6. The molecule has 1 N–H and O–H groups in total. The number of thioether (sulfide) groups is 1. The van der Waals surface area contributed by atoms with Crippen molar-refractivity contribution in [1.82, 2.24) is 5.32 Å². The van der Waals surface area contributed by atoms with Crippen LogP contribution >= 0.6 is 11.8 Å². The normalized spacial score (nSPS) is 12.2. The molecule has 0 heterocycles. The summed E-state index contributed by atoms with van der Waals surface area (Å²) in [4.78, 5) is 11.6. The van der Waals surface area contributed by atoms with Gasteiger partial charge in [-0.05, 0) is 36.9 Å². The Balaban J connectivity index is 2.38. The second kappa shape index (κ2) is 6.53. The van der Waals surface area contributed by atoms with E-state index in [1.807, 2.05) is 6.26 Å². The Morgan fingerprint density at radius 2 is 2.06 bits per heavy atom. The number of nitrogens with one attached hydrogen (secondary N) is 1. The fourth-order valence-electron chi connectivity index (χ4n) is 1.21. The third kappa shape index (κ3) is 4.23. The van der Waals surface area contributed by atoms with E-state index in [2.05, 4.69) is 12.2 Å². The summed E-state index contributed by atoms with van der Waals surface area (Å²) in [6.07, 6.45) is 2.99. The molecule has 2 nitrogen and oxygen atoms in total. The molecule has 88 valence electrons. The molecule has 1 rings (SSSR count). The summed E-state index contributed by atoms with van der Waals surface area (Å²) in [7, 11) is 0. The molecular formula is C12H16FNOS. The van der Waals surface area contributed by atoms with Crippen LogP contribution in [-0.4, -0.2) is 24.0 Å². The van der Waals surface area contributed by atoms with Crippen LogP contribution in [0, 0.1) is 5.82 Å². The van der Waals surface area contributed by atoms with Gasteiger partial charge in [0.1, 0.15) is 5.82 Å². The molecule has 1 amide bonds. The van der Waals surface area contributed by atoms with E-state index in [9.17, 15) is 9.18 Å². The van der Waals surface area contributed by atoms with Gasteiger partial charge in [0.05, 0.1) is 0 Å². The average molecular weight is 241 g/mol. The Morgan fingerprint density at radius 1 is 1.44 bits per heavy atom. The maximum Gasteiger partial charge on any atom is 0.251 e.